The molecule has 1 N–H and O–H groups in total. The van der Waals surface area contributed by atoms with Crippen LogP contribution in [0.4, 0.5) is 0 Å². The Morgan fingerprint density at radius 3 is 2.56 bits per heavy atom. The van der Waals surface area contributed by atoms with Gasteiger partial charge < -0.3 is 14.8 Å². The molecular formula is C14H20ClNO2. The number of benzene rings is 1. The van der Waals surface area contributed by atoms with Gasteiger partial charge in [0.15, 0.2) is 11.5 Å². The lowest BCUT2D eigenvalue weighted by molar-refractivity contribution is 0.169. The second kappa shape index (κ2) is 5.81. The number of fused-ring (bicyclic) bond motifs is 1. The molecule has 3 nitrogen and oxygen atoms in total. The fourth-order valence-electron chi connectivity index (χ4n) is 2.34. The van der Waals surface area contributed by atoms with Crippen LogP contribution >= 0.6 is 11.6 Å². The number of hydrogen-bond acceptors (Lipinski definition) is 3. The molecule has 1 aliphatic rings. The van der Waals surface area contributed by atoms with Crippen LogP contribution in [0.15, 0.2) is 6.07 Å². The summed E-state index contributed by atoms with van der Waals surface area (Å²) in [7, 11) is 1.95. The monoisotopic (exact) mass is 269 g/mol. The highest BCUT2D eigenvalue weighted by molar-refractivity contribution is 6.32. The van der Waals surface area contributed by atoms with Crippen LogP contribution in [0.3, 0.4) is 0 Å². The van der Waals surface area contributed by atoms with E-state index >= 15 is 0 Å². The minimum atomic E-state index is 0.393. The summed E-state index contributed by atoms with van der Waals surface area (Å²) in [5, 5.41) is 3.82. The van der Waals surface area contributed by atoms with Gasteiger partial charge in [0.05, 0.1) is 5.02 Å². The van der Waals surface area contributed by atoms with E-state index in [0.29, 0.717) is 29.9 Å². The fourth-order valence-corrected chi connectivity index (χ4v) is 2.61. The van der Waals surface area contributed by atoms with E-state index in [2.05, 4.69) is 19.2 Å². The number of rotatable bonds is 4. The Balaban J connectivity index is 2.49. The fraction of sp³-hybridized carbons (Fsp3) is 0.571. The molecule has 1 aromatic carbocycles. The summed E-state index contributed by atoms with van der Waals surface area (Å²) in [5.41, 5.74) is 2.47. The van der Waals surface area contributed by atoms with Gasteiger partial charge in [0, 0.05) is 5.56 Å². The zero-order valence-electron chi connectivity index (χ0n) is 11.2. The van der Waals surface area contributed by atoms with E-state index in [1.807, 2.05) is 13.1 Å². The molecule has 0 unspecified atom stereocenters. The molecule has 0 amide bonds. The molecule has 18 heavy (non-hydrogen) atoms. The van der Waals surface area contributed by atoms with Crippen molar-refractivity contribution in [3.8, 4) is 11.5 Å². The maximum atomic E-state index is 6.28. The topological polar surface area (TPSA) is 30.5 Å². The SMILES string of the molecule is CNCCc1cc(Cl)c2c(c1C(C)C)OCCO2. The van der Waals surface area contributed by atoms with Crippen molar-refractivity contribution in [3.63, 3.8) is 0 Å². The zero-order valence-corrected chi connectivity index (χ0v) is 11.9. The van der Waals surface area contributed by atoms with E-state index in [1.54, 1.807) is 0 Å². The lowest BCUT2D eigenvalue weighted by Gasteiger charge is -2.26. The van der Waals surface area contributed by atoms with Gasteiger partial charge in [0.2, 0.25) is 0 Å². The molecule has 100 valence electrons. The highest BCUT2D eigenvalue weighted by Gasteiger charge is 2.24. The first kappa shape index (κ1) is 13.5. The van der Waals surface area contributed by atoms with Crippen LogP contribution < -0.4 is 14.8 Å². The lowest BCUT2D eigenvalue weighted by Crippen LogP contribution is -2.19. The number of likely N-dealkylation sites (N-methyl/N-ethyl adjacent to an activating group) is 1. The van der Waals surface area contributed by atoms with Crippen molar-refractivity contribution in [2.24, 2.45) is 0 Å². The van der Waals surface area contributed by atoms with Gasteiger partial charge in [-0.25, -0.2) is 0 Å². The Morgan fingerprint density at radius 2 is 1.94 bits per heavy atom. The highest BCUT2D eigenvalue weighted by atomic mass is 35.5. The normalized spacial score (nSPS) is 14.1. The summed E-state index contributed by atoms with van der Waals surface area (Å²) in [5.74, 6) is 1.94. The Labute approximate surface area is 113 Å². The van der Waals surface area contributed by atoms with Crippen molar-refractivity contribution in [1.29, 1.82) is 0 Å². The largest absolute Gasteiger partial charge is 0.486 e. The van der Waals surface area contributed by atoms with Gasteiger partial charge in [0.25, 0.3) is 0 Å². The Hall–Kier alpha value is -0.930. The molecule has 1 aliphatic heterocycles. The molecule has 0 spiro atoms. The smallest absolute Gasteiger partial charge is 0.180 e. The van der Waals surface area contributed by atoms with E-state index in [-0.39, 0.29) is 0 Å². The summed E-state index contributed by atoms with van der Waals surface area (Å²) < 4.78 is 11.4. The standard InChI is InChI=1S/C14H20ClNO2/c1-9(2)12-10(4-5-16-3)8-11(15)13-14(12)18-7-6-17-13/h8-9,16H,4-7H2,1-3H3. The summed E-state index contributed by atoms with van der Waals surface area (Å²) >= 11 is 6.28. The molecule has 0 atom stereocenters. The second-order valence-corrected chi connectivity index (χ2v) is 5.20. The van der Waals surface area contributed by atoms with E-state index in [0.717, 1.165) is 18.7 Å². The van der Waals surface area contributed by atoms with Gasteiger partial charge in [-0.15, -0.1) is 0 Å². The quantitative estimate of drug-likeness (QED) is 0.912. The third kappa shape index (κ3) is 2.57. The minimum absolute atomic E-state index is 0.393. The first-order valence-electron chi connectivity index (χ1n) is 6.40. The van der Waals surface area contributed by atoms with Crippen molar-refractivity contribution < 1.29 is 9.47 Å². The molecule has 0 fully saturated rings. The average molecular weight is 270 g/mol. The molecule has 0 saturated heterocycles. The molecule has 0 bridgehead atoms. The molecule has 0 radical (unpaired) electrons. The Bertz CT molecular complexity index is 432. The van der Waals surface area contributed by atoms with E-state index in [9.17, 15) is 0 Å². The van der Waals surface area contributed by atoms with Gasteiger partial charge in [0.1, 0.15) is 13.2 Å². The van der Waals surface area contributed by atoms with Crippen LogP contribution in [0.25, 0.3) is 0 Å². The zero-order chi connectivity index (χ0) is 13.1. The molecule has 4 heteroatoms. The first-order valence-corrected chi connectivity index (χ1v) is 6.78. The number of nitrogens with one attached hydrogen (secondary N) is 1. The summed E-state index contributed by atoms with van der Waals surface area (Å²) in [6.07, 6.45) is 0.945. The van der Waals surface area contributed by atoms with Gasteiger partial charge >= 0.3 is 0 Å². The molecule has 1 aromatic rings. The summed E-state index contributed by atoms with van der Waals surface area (Å²) in [6, 6.07) is 2.02. The van der Waals surface area contributed by atoms with Crippen LogP contribution in [-0.2, 0) is 6.42 Å². The van der Waals surface area contributed by atoms with Crippen molar-refractivity contribution in [1.82, 2.24) is 5.32 Å². The summed E-state index contributed by atoms with van der Waals surface area (Å²) in [6.45, 7) is 6.43. The molecule has 2 rings (SSSR count). The molecule has 0 saturated carbocycles. The van der Waals surface area contributed by atoms with E-state index in [4.69, 9.17) is 21.1 Å². The maximum Gasteiger partial charge on any atom is 0.180 e. The lowest BCUT2D eigenvalue weighted by atomic mass is 9.93. The molecule has 1 heterocycles. The maximum absolute atomic E-state index is 6.28. The Kier molecular flexibility index (Phi) is 4.36. The predicted molar refractivity (Wildman–Crippen MR) is 74.2 cm³/mol. The third-order valence-corrected chi connectivity index (χ3v) is 3.39. The first-order chi connectivity index (χ1) is 8.65. The van der Waals surface area contributed by atoms with Crippen molar-refractivity contribution >= 4 is 11.6 Å². The second-order valence-electron chi connectivity index (χ2n) is 4.79. The van der Waals surface area contributed by atoms with Gasteiger partial charge in [-0.3, -0.25) is 0 Å². The van der Waals surface area contributed by atoms with Crippen LogP contribution in [0.5, 0.6) is 11.5 Å². The predicted octanol–water partition coefficient (Wildman–Crippen LogP) is 3.00. The van der Waals surface area contributed by atoms with E-state index in [1.165, 1.54) is 11.1 Å². The minimum Gasteiger partial charge on any atom is -0.486 e. The average Bonchev–Trinajstić information content (AvgIpc) is 2.36. The number of ether oxygens (including phenoxy) is 2. The van der Waals surface area contributed by atoms with Crippen LogP contribution in [0.2, 0.25) is 5.02 Å². The highest BCUT2D eigenvalue weighted by Crippen LogP contribution is 2.44. The molecular weight excluding hydrogens is 250 g/mol. The van der Waals surface area contributed by atoms with Gasteiger partial charge in [-0.1, -0.05) is 25.4 Å². The van der Waals surface area contributed by atoms with Crippen molar-refractivity contribution in [3.05, 3.63) is 22.2 Å². The van der Waals surface area contributed by atoms with Crippen molar-refractivity contribution in [2.75, 3.05) is 26.8 Å². The van der Waals surface area contributed by atoms with Crippen LogP contribution in [-0.4, -0.2) is 26.8 Å². The van der Waals surface area contributed by atoms with E-state index < -0.39 is 0 Å². The number of hydrogen-bond donors (Lipinski definition) is 1. The molecule has 0 aliphatic carbocycles. The number of halogens is 1. The summed E-state index contributed by atoms with van der Waals surface area (Å²) in [4.78, 5) is 0. The van der Waals surface area contributed by atoms with Crippen LogP contribution in [0, 0.1) is 0 Å². The third-order valence-electron chi connectivity index (χ3n) is 3.11. The molecule has 0 aromatic heterocycles. The van der Waals surface area contributed by atoms with Crippen molar-refractivity contribution in [2.45, 2.75) is 26.2 Å². The van der Waals surface area contributed by atoms with Gasteiger partial charge in [-0.2, -0.15) is 0 Å². The van der Waals surface area contributed by atoms with Gasteiger partial charge in [-0.05, 0) is 37.6 Å². The van der Waals surface area contributed by atoms with Crippen LogP contribution in [0.1, 0.15) is 30.9 Å². The Morgan fingerprint density at radius 1 is 1.28 bits per heavy atom.